The van der Waals surface area contributed by atoms with E-state index in [0.717, 1.165) is 21.8 Å². The molecule has 1 aromatic heterocycles. The summed E-state index contributed by atoms with van der Waals surface area (Å²) < 4.78 is 12.5. The van der Waals surface area contributed by atoms with E-state index in [9.17, 15) is 4.79 Å². The molecule has 6 nitrogen and oxygen atoms in total. The minimum Gasteiger partial charge on any atom is -0.489 e. The summed E-state index contributed by atoms with van der Waals surface area (Å²) in [6.45, 7) is 5.92. The standard InChI is InChI=1S/C23H23N3O3S/c1-23(2,3)29-22(27)26-14-21(25-16-26)18-6-8-19(9-7-18)28-15-17-4-10-20(11-5-17)30-13-12-24/h4-11,14,16H,13,15H2,1-3H3. The molecule has 30 heavy (non-hydrogen) atoms. The third kappa shape index (κ3) is 6.13. The maximum atomic E-state index is 12.1. The molecule has 0 aliphatic rings. The lowest BCUT2D eigenvalue weighted by Crippen LogP contribution is -2.26. The molecule has 0 saturated heterocycles. The maximum absolute atomic E-state index is 12.1. The largest absolute Gasteiger partial charge is 0.489 e. The summed E-state index contributed by atoms with van der Waals surface area (Å²) in [7, 11) is 0. The molecule has 7 heteroatoms. The Morgan fingerprint density at radius 2 is 1.83 bits per heavy atom. The van der Waals surface area contributed by atoms with Gasteiger partial charge in [0, 0.05) is 16.7 Å². The van der Waals surface area contributed by atoms with E-state index in [0.29, 0.717) is 18.1 Å². The zero-order valence-electron chi connectivity index (χ0n) is 17.2. The minimum absolute atomic E-state index is 0.443. The lowest BCUT2D eigenvalue weighted by molar-refractivity contribution is 0.0536. The molecule has 3 rings (SSSR count). The first kappa shape index (κ1) is 21.5. The number of hydrogen-bond donors (Lipinski definition) is 0. The number of rotatable bonds is 6. The number of carbonyl (C=O) groups excluding carboxylic acids is 1. The van der Waals surface area contributed by atoms with Crippen molar-refractivity contribution in [1.82, 2.24) is 9.55 Å². The molecular formula is C23H23N3O3S. The van der Waals surface area contributed by atoms with Crippen molar-refractivity contribution in [3.63, 3.8) is 0 Å². The second-order valence-corrected chi connectivity index (χ2v) is 8.60. The quantitative estimate of drug-likeness (QED) is 0.487. The van der Waals surface area contributed by atoms with Gasteiger partial charge in [0.2, 0.25) is 0 Å². The summed E-state index contributed by atoms with van der Waals surface area (Å²) in [5, 5.41) is 8.63. The van der Waals surface area contributed by atoms with Gasteiger partial charge in [-0.15, -0.1) is 11.8 Å². The number of hydrogen-bond acceptors (Lipinski definition) is 6. The summed E-state index contributed by atoms with van der Waals surface area (Å²) in [5.74, 6) is 1.19. The summed E-state index contributed by atoms with van der Waals surface area (Å²) in [6, 6.07) is 17.6. The van der Waals surface area contributed by atoms with Crippen LogP contribution < -0.4 is 4.74 Å². The molecule has 0 aliphatic carbocycles. The number of nitrogens with zero attached hydrogens (tertiary/aromatic N) is 3. The second kappa shape index (κ2) is 9.51. The van der Waals surface area contributed by atoms with E-state index < -0.39 is 11.7 Å². The number of aromatic nitrogens is 2. The first-order chi connectivity index (χ1) is 14.3. The molecule has 0 N–H and O–H groups in total. The number of thioether (sulfide) groups is 1. The summed E-state index contributed by atoms with van der Waals surface area (Å²) in [4.78, 5) is 17.5. The van der Waals surface area contributed by atoms with Gasteiger partial charge in [0.05, 0.1) is 17.5 Å². The Morgan fingerprint density at radius 3 is 2.47 bits per heavy atom. The average molecular weight is 422 g/mol. The summed E-state index contributed by atoms with van der Waals surface area (Å²) in [6.07, 6.45) is 2.64. The molecular weight excluding hydrogens is 398 g/mol. The minimum atomic E-state index is -0.559. The molecule has 0 unspecified atom stereocenters. The van der Waals surface area contributed by atoms with Crippen molar-refractivity contribution in [2.45, 2.75) is 37.9 Å². The van der Waals surface area contributed by atoms with Crippen molar-refractivity contribution in [3.8, 4) is 23.1 Å². The van der Waals surface area contributed by atoms with Crippen LogP contribution in [0.4, 0.5) is 4.79 Å². The van der Waals surface area contributed by atoms with Crippen LogP contribution in [0.25, 0.3) is 11.3 Å². The first-order valence-electron chi connectivity index (χ1n) is 9.43. The van der Waals surface area contributed by atoms with Gasteiger partial charge in [-0.25, -0.2) is 14.3 Å². The molecule has 3 aromatic rings. The van der Waals surface area contributed by atoms with E-state index in [1.807, 2.05) is 69.3 Å². The maximum Gasteiger partial charge on any atom is 0.419 e. The Labute approximate surface area is 180 Å². The monoisotopic (exact) mass is 421 g/mol. The van der Waals surface area contributed by atoms with E-state index >= 15 is 0 Å². The van der Waals surface area contributed by atoms with Gasteiger partial charge >= 0.3 is 6.09 Å². The Hall–Kier alpha value is -3.24. The number of nitriles is 1. The number of benzene rings is 2. The number of imidazole rings is 1. The predicted octanol–water partition coefficient (Wildman–Crippen LogP) is 5.53. The molecule has 0 atom stereocenters. The van der Waals surface area contributed by atoms with E-state index in [2.05, 4.69) is 11.1 Å². The van der Waals surface area contributed by atoms with Crippen LogP contribution in [0.2, 0.25) is 0 Å². The normalized spacial score (nSPS) is 11.0. The van der Waals surface area contributed by atoms with Crippen LogP contribution in [0.1, 0.15) is 26.3 Å². The van der Waals surface area contributed by atoms with Crippen LogP contribution in [0.5, 0.6) is 5.75 Å². The zero-order valence-corrected chi connectivity index (χ0v) is 18.0. The highest BCUT2D eigenvalue weighted by Gasteiger charge is 2.18. The molecule has 0 saturated carbocycles. The van der Waals surface area contributed by atoms with E-state index in [1.54, 1.807) is 6.20 Å². The zero-order chi connectivity index (χ0) is 21.6. The SMILES string of the molecule is CC(C)(C)OC(=O)n1cnc(-c2ccc(OCc3ccc(SCC#N)cc3)cc2)c1. The summed E-state index contributed by atoms with van der Waals surface area (Å²) >= 11 is 1.51. The molecule has 0 bridgehead atoms. The van der Waals surface area contributed by atoms with Crippen LogP contribution in [0.3, 0.4) is 0 Å². The molecule has 0 radical (unpaired) electrons. The topological polar surface area (TPSA) is 77.1 Å². The van der Waals surface area contributed by atoms with Gasteiger partial charge in [0.1, 0.15) is 24.3 Å². The Morgan fingerprint density at radius 1 is 1.13 bits per heavy atom. The van der Waals surface area contributed by atoms with Crippen molar-refractivity contribution in [2.24, 2.45) is 0 Å². The fraction of sp³-hybridized carbons (Fsp3) is 0.261. The van der Waals surface area contributed by atoms with E-state index in [-0.39, 0.29) is 0 Å². The summed E-state index contributed by atoms with van der Waals surface area (Å²) in [5.41, 5.74) is 2.05. The highest BCUT2D eigenvalue weighted by atomic mass is 32.2. The lowest BCUT2D eigenvalue weighted by Gasteiger charge is -2.19. The molecule has 1 heterocycles. The van der Waals surface area contributed by atoms with Crippen LogP contribution in [0.15, 0.2) is 66.0 Å². The van der Waals surface area contributed by atoms with Gasteiger partial charge in [-0.3, -0.25) is 0 Å². The van der Waals surface area contributed by atoms with Crippen molar-refractivity contribution >= 4 is 17.9 Å². The van der Waals surface area contributed by atoms with Crippen LogP contribution in [-0.2, 0) is 11.3 Å². The smallest absolute Gasteiger partial charge is 0.419 e. The van der Waals surface area contributed by atoms with Gasteiger partial charge < -0.3 is 9.47 Å². The molecule has 154 valence electrons. The van der Waals surface area contributed by atoms with Crippen molar-refractivity contribution in [2.75, 3.05) is 5.75 Å². The van der Waals surface area contributed by atoms with Crippen molar-refractivity contribution in [3.05, 3.63) is 66.6 Å². The van der Waals surface area contributed by atoms with Gasteiger partial charge in [-0.2, -0.15) is 5.26 Å². The molecule has 0 fully saturated rings. The highest BCUT2D eigenvalue weighted by molar-refractivity contribution is 7.99. The van der Waals surface area contributed by atoms with Crippen molar-refractivity contribution < 1.29 is 14.3 Å². The average Bonchev–Trinajstić information content (AvgIpc) is 3.21. The molecule has 0 aliphatic heterocycles. The Balaban J connectivity index is 1.58. The van der Waals surface area contributed by atoms with Gasteiger partial charge in [-0.05, 0) is 62.7 Å². The van der Waals surface area contributed by atoms with E-state index in [1.165, 1.54) is 22.7 Å². The number of carbonyl (C=O) groups is 1. The second-order valence-electron chi connectivity index (χ2n) is 7.55. The third-order valence-corrected chi connectivity index (χ3v) is 4.85. The van der Waals surface area contributed by atoms with Crippen LogP contribution in [-0.4, -0.2) is 27.0 Å². The van der Waals surface area contributed by atoms with Crippen LogP contribution in [0, 0.1) is 11.3 Å². The number of ether oxygens (including phenoxy) is 2. The fourth-order valence-electron chi connectivity index (χ4n) is 2.57. The fourth-order valence-corrected chi connectivity index (χ4v) is 3.13. The van der Waals surface area contributed by atoms with Crippen LogP contribution >= 0.6 is 11.8 Å². The third-order valence-electron chi connectivity index (χ3n) is 3.97. The molecule has 0 amide bonds. The predicted molar refractivity (Wildman–Crippen MR) is 116 cm³/mol. The molecule has 0 spiro atoms. The Kier molecular flexibility index (Phi) is 6.80. The van der Waals surface area contributed by atoms with Gasteiger partial charge in [0.25, 0.3) is 0 Å². The first-order valence-corrected chi connectivity index (χ1v) is 10.4. The molecule has 2 aromatic carbocycles. The highest BCUT2D eigenvalue weighted by Crippen LogP contribution is 2.23. The van der Waals surface area contributed by atoms with Gasteiger partial charge in [0.15, 0.2) is 0 Å². The Bertz CT molecular complexity index is 1030. The van der Waals surface area contributed by atoms with E-state index in [4.69, 9.17) is 14.7 Å². The lowest BCUT2D eigenvalue weighted by atomic mass is 10.1. The van der Waals surface area contributed by atoms with Gasteiger partial charge in [-0.1, -0.05) is 12.1 Å². The van der Waals surface area contributed by atoms with Crippen molar-refractivity contribution in [1.29, 1.82) is 5.26 Å².